The minimum absolute atomic E-state index is 0.0528. The number of benzene rings is 1. The normalized spacial score (nSPS) is 37.0. The quantitative estimate of drug-likeness (QED) is 0.502. The molecule has 1 N–H and O–H groups in total. The van der Waals surface area contributed by atoms with Gasteiger partial charge in [0.2, 0.25) is 0 Å². The summed E-state index contributed by atoms with van der Waals surface area (Å²) in [6.07, 6.45) is 16.2. The highest BCUT2D eigenvalue weighted by Crippen LogP contribution is 2.42. The number of hydrogen-bond acceptors (Lipinski definition) is 1. The zero-order valence-electron chi connectivity index (χ0n) is 20.3. The van der Waals surface area contributed by atoms with E-state index in [4.69, 9.17) is 0 Å². The van der Waals surface area contributed by atoms with E-state index in [0.29, 0.717) is 12.3 Å². The predicted octanol–water partition coefficient (Wildman–Crippen LogP) is 8.11. The molecule has 0 spiro atoms. The maximum absolute atomic E-state index is 15.3. The third kappa shape index (κ3) is 5.73. The van der Waals surface area contributed by atoms with Crippen LogP contribution in [0.1, 0.15) is 120 Å². The third-order valence-electron chi connectivity index (χ3n) is 9.32. The standard InChI is InChI=1S/C29H45FO/c1-20-4-8-23(9-5-20)18-24-14-16-29(31,17-15-24)19-26-12-13-27(22(3)28(26)30)25-10-6-21(2)7-11-25/h12-13,20-21,23-25,31H,4-11,14-19H2,1-3H3. The summed E-state index contributed by atoms with van der Waals surface area (Å²) in [5.74, 6) is 3.86. The Kier molecular flexibility index (Phi) is 7.46. The lowest BCUT2D eigenvalue weighted by atomic mass is 9.71. The minimum Gasteiger partial charge on any atom is -0.390 e. The molecular weight excluding hydrogens is 383 g/mol. The van der Waals surface area contributed by atoms with Crippen LogP contribution < -0.4 is 0 Å². The summed E-state index contributed by atoms with van der Waals surface area (Å²) < 4.78 is 15.3. The molecule has 0 aromatic heterocycles. The minimum atomic E-state index is -0.716. The molecule has 3 fully saturated rings. The highest BCUT2D eigenvalue weighted by molar-refractivity contribution is 5.36. The lowest BCUT2D eigenvalue weighted by molar-refractivity contribution is -0.0133. The van der Waals surface area contributed by atoms with E-state index in [1.807, 2.05) is 13.0 Å². The van der Waals surface area contributed by atoms with Crippen molar-refractivity contribution < 1.29 is 9.50 Å². The molecule has 3 aliphatic carbocycles. The molecule has 3 aliphatic rings. The van der Waals surface area contributed by atoms with Gasteiger partial charge in [-0.2, -0.15) is 0 Å². The van der Waals surface area contributed by atoms with E-state index in [1.54, 1.807) is 0 Å². The van der Waals surface area contributed by atoms with Gasteiger partial charge < -0.3 is 5.11 Å². The first kappa shape index (κ1) is 23.3. The molecule has 0 unspecified atom stereocenters. The molecule has 2 heteroatoms. The number of hydrogen-bond donors (Lipinski definition) is 1. The highest BCUT2D eigenvalue weighted by Gasteiger charge is 2.35. The van der Waals surface area contributed by atoms with Crippen LogP contribution in [-0.2, 0) is 6.42 Å². The van der Waals surface area contributed by atoms with E-state index in [2.05, 4.69) is 19.9 Å². The molecule has 0 atom stereocenters. The molecule has 4 rings (SSSR count). The number of rotatable bonds is 5. The van der Waals surface area contributed by atoms with E-state index in [-0.39, 0.29) is 5.82 Å². The molecule has 0 aliphatic heterocycles. The van der Waals surface area contributed by atoms with Crippen molar-refractivity contribution in [3.63, 3.8) is 0 Å². The zero-order chi connectivity index (χ0) is 22.0. The van der Waals surface area contributed by atoms with Crippen LogP contribution in [0.15, 0.2) is 12.1 Å². The summed E-state index contributed by atoms with van der Waals surface area (Å²) in [5.41, 5.74) is 2.06. The van der Waals surface area contributed by atoms with Gasteiger partial charge in [0.1, 0.15) is 5.82 Å². The Labute approximate surface area is 190 Å². The van der Waals surface area contributed by atoms with E-state index < -0.39 is 5.60 Å². The Morgan fingerprint density at radius 3 is 2.00 bits per heavy atom. The van der Waals surface area contributed by atoms with Gasteiger partial charge in [0.25, 0.3) is 0 Å². The molecular formula is C29H45FO. The first-order valence-electron chi connectivity index (χ1n) is 13.3. The van der Waals surface area contributed by atoms with Crippen LogP contribution in [0.2, 0.25) is 0 Å². The lowest BCUT2D eigenvalue weighted by Gasteiger charge is -2.38. The molecule has 1 nitrogen and oxygen atoms in total. The summed E-state index contributed by atoms with van der Waals surface area (Å²) in [4.78, 5) is 0. The van der Waals surface area contributed by atoms with Crippen LogP contribution in [0.25, 0.3) is 0 Å². The van der Waals surface area contributed by atoms with Crippen molar-refractivity contribution in [3.8, 4) is 0 Å². The fraction of sp³-hybridized carbons (Fsp3) is 0.793. The summed E-state index contributed by atoms with van der Waals surface area (Å²) in [5, 5.41) is 11.3. The highest BCUT2D eigenvalue weighted by atomic mass is 19.1. The van der Waals surface area contributed by atoms with Gasteiger partial charge in [-0.15, -0.1) is 0 Å². The van der Waals surface area contributed by atoms with Crippen LogP contribution in [0.3, 0.4) is 0 Å². The molecule has 0 amide bonds. The summed E-state index contributed by atoms with van der Waals surface area (Å²) in [6.45, 7) is 6.68. The lowest BCUT2D eigenvalue weighted by Crippen LogP contribution is -2.37. The molecule has 174 valence electrons. The molecule has 31 heavy (non-hydrogen) atoms. The van der Waals surface area contributed by atoms with Crippen LogP contribution in [0.5, 0.6) is 0 Å². The van der Waals surface area contributed by atoms with Crippen LogP contribution >= 0.6 is 0 Å². The van der Waals surface area contributed by atoms with Crippen molar-refractivity contribution in [2.24, 2.45) is 23.7 Å². The Morgan fingerprint density at radius 1 is 0.839 bits per heavy atom. The Bertz CT molecular complexity index is 716. The fourth-order valence-corrected chi connectivity index (χ4v) is 6.92. The van der Waals surface area contributed by atoms with E-state index >= 15 is 4.39 Å². The van der Waals surface area contributed by atoms with Gasteiger partial charge in [-0.1, -0.05) is 64.5 Å². The summed E-state index contributed by atoms with van der Waals surface area (Å²) in [6, 6.07) is 4.16. The van der Waals surface area contributed by atoms with Gasteiger partial charge in [-0.05, 0) is 98.1 Å². The van der Waals surface area contributed by atoms with Crippen LogP contribution in [0, 0.1) is 36.4 Å². The largest absolute Gasteiger partial charge is 0.390 e. The van der Waals surface area contributed by atoms with Crippen LogP contribution in [0.4, 0.5) is 4.39 Å². The van der Waals surface area contributed by atoms with Crippen molar-refractivity contribution in [2.45, 2.75) is 122 Å². The SMILES string of the molecule is Cc1c(C2CCC(C)CC2)ccc(CC2(O)CCC(CC3CCC(C)CC3)CC2)c1F. The fourth-order valence-electron chi connectivity index (χ4n) is 6.92. The van der Waals surface area contributed by atoms with Gasteiger partial charge in [-0.25, -0.2) is 4.39 Å². The second-order valence-corrected chi connectivity index (χ2v) is 11.9. The maximum atomic E-state index is 15.3. The first-order valence-corrected chi connectivity index (χ1v) is 13.3. The van der Waals surface area contributed by atoms with Gasteiger partial charge >= 0.3 is 0 Å². The van der Waals surface area contributed by atoms with E-state index in [9.17, 15) is 5.11 Å². The maximum Gasteiger partial charge on any atom is 0.129 e. The summed E-state index contributed by atoms with van der Waals surface area (Å²) in [7, 11) is 0. The Hall–Kier alpha value is -0.890. The van der Waals surface area contributed by atoms with Crippen molar-refractivity contribution in [1.82, 2.24) is 0 Å². The smallest absolute Gasteiger partial charge is 0.129 e. The summed E-state index contributed by atoms with van der Waals surface area (Å²) >= 11 is 0. The molecule has 1 aromatic carbocycles. The molecule has 1 aromatic rings. The van der Waals surface area contributed by atoms with Crippen molar-refractivity contribution in [2.75, 3.05) is 0 Å². The molecule has 0 radical (unpaired) electrons. The Balaban J connectivity index is 1.33. The topological polar surface area (TPSA) is 20.2 Å². The van der Waals surface area contributed by atoms with Gasteiger partial charge in [-0.3, -0.25) is 0 Å². The van der Waals surface area contributed by atoms with Crippen molar-refractivity contribution in [3.05, 3.63) is 34.6 Å². The van der Waals surface area contributed by atoms with Gasteiger partial charge in [0.05, 0.1) is 5.60 Å². The second-order valence-electron chi connectivity index (χ2n) is 11.9. The number of aliphatic hydroxyl groups is 1. The monoisotopic (exact) mass is 428 g/mol. The van der Waals surface area contributed by atoms with E-state index in [1.165, 1.54) is 63.4 Å². The zero-order valence-corrected chi connectivity index (χ0v) is 20.3. The van der Waals surface area contributed by atoms with Crippen LogP contribution in [-0.4, -0.2) is 10.7 Å². The molecule has 0 heterocycles. The average molecular weight is 429 g/mol. The number of halogens is 1. The molecule has 0 saturated heterocycles. The van der Waals surface area contributed by atoms with Crippen molar-refractivity contribution in [1.29, 1.82) is 0 Å². The predicted molar refractivity (Wildman–Crippen MR) is 128 cm³/mol. The second kappa shape index (κ2) is 9.94. The first-order chi connectivity index (χ1) is 14.8. The third-order valence-corrected chi connectivity index (χ3v) is 9.32. The van der Waals surface area contributed by atoms with E-state index in [0.717, 1.165) is 60.5 Å². The average Bonchev–Trinajstić information content (AvgIpc) is 2.76. The molecule has 0 bridgehead atoms. The van der Waals surface area contributed by atoms with Gasteiger partial charge in [0.15, 0.2) is 0 Å². The van der Waals surface area contributed by atoms with Crippen molar-refractivity contribution >= 4 is 0 Å². The van der Waals surface area contributed by atoms with Gasteiger partial charge in [0, 0.05) is 6.42 Å². The molecule has 3 saturated carbocycles. The Morgan fingerprint density at radius 2 is 1.39 bits per heavy atom.